The molecule has 4 rings (SSSR count). The molecule has 1 amide bonds. The van der Waals surface area contributed by atoms with Gasteiger partial charge in [0.25, 0.3) is 5.89 Å². The lowest BCUT2D eigenvalue weighted by Crippen LogP contribution is -2.23. The van der Waals surface area contributed by atoms with Crippen molar-refractivity contribution in [2.75, 3.05) is 11.4 Å². The fourth-order valence-corrected chi connectivity index (χ4v) is 3.72. The van der Waals surface area contributed by atoms with E-state index in [4.69, 9.17) is 20.9 Å². The number of carbonyl (C=O) groups excluding carboxylic acids is 2. The maximum atomic E-state index is 12.1. The summed E-state index contributed by atoms with van der Waals surface area (Å²) in [6, 6.07) is 7.00. The molecule has 2 aromatic heterocycles. The summed E-state index contributed by atoms with van der Waals surface area (Å²) >= 11 is 7.20. The van der Waals surface area contributed by atoms with Crippen LogP contribution in [0.2, 0.25) is 5.02 Å². The molecule has 3 heterocycles. The number of carbonyl (C=O) groups is 2. The Kier molecular flexibility index (Phi) is 5.36. The van der Waals surface area contributed by atoms with Gasteiger partial charge in [0.1, 0.15) is 0 Å². The summed E-state index contributed by atoms with van der Waals surface area (Å²) in [5.41, 5.74) is 1.31. The van der Waals surface area contributed by atoms with Crippen LogP contribution in [0.15, 0.2) is 34.2 Å². The van der Waals surface area contributed by atoms with Gasteiger partial charge in [0.2, 0.25) is 11.7 Å². The lowest BCUT2D eigenvalue weighted by molar-refractivity contribution is -0.145. The highest BCUT2D eigenvalue weighted by molar-refractivity contribution is 7.14. The predicted octanol–water partition coefficient (Wildman–Crippen LogP) is 3.26. The topological polar surface area (TPSA) is 98.4 Å². The minimum atomic E-state index is -0.462. The number of amides is 1. The Hall–Kier alpha value is -2.78. The molecule has 10 heteroatoms. The number of hydrogen-bond donors (Lipinski definition) is 0. The average Bonchev–Trinajstić information content (AvgIpc) is 3.41. The van der Waals surface area contributed by atoms with Crippen molar-refractivity contribution in [2.24, 2.45) is 0 Å². The van der Waals surface area contributed by atoms with Gasteiger partial charge in [-0.25, -0.2) is 4.98 Å². The van der Waals surface area contributed by atoms with Gasteiger partial charge in [-0.15, -0.1) is 11.3 Å². The molecule has 0 spiro atoms. The second kappa shape index (κ2) is 8.07. The lowest BCUT2D eigenvalue weighted by Gasteiger charge is -2.10. The normalized spacial score (nSPS) is 13.9. The van der Waals surface area contributed by atoms with Crippen LogP contribution in [0.25, 0.3) is 11.4 Å². The maximum absolute atomic E-state index is 12.1. The number of benzene rings is 1. The molecule has 0 atom stereocenters. The Labute approximate surface area is 169 Å². The number of aromatic nitrogens is 3. The summed E-state index contributed by atoms with van der Waals surface area (Å²) in [4.78, 5) is 34.0. The summed E-state index contributed by atoms with van der Waals surface area (Å²) in [5, 5.41) is 6.85. The van der Waals surface area contributed by atoms with Gasteiger partial charge in [0, 0.05) is 28.9 Å². The molecule has 1 aliphatic rings. The summed E-state index contributed by atoms with van der Waals surface area (Å²) in [6.07, 6.45) is 1.38. The summed E-state index contributed by atoms with van der Waals surface area (Å²) < 4.78 is 10.3. The number of thiazole rings is 1. The highest BCUT2D eigenvalue weighted by Crippen LogP contribution is 2.25. The minimum Gasteiger partial charge on any atom is -0.455 e. The molecule has 0 saturated carbocycles. The molecule has 1 saturated heterocycles. The number of rotatable bonds is 6. The van der Waals surface area contributed by atoms with Crippen LogP contribution >= 0.6 is 22.9 Å². The lowest BCUT2D eigenvalue weighted by atomic mass is 10.2. The molecule has 8 nitrogen and oxygen atoms in total. The van der Waals surface area contributed by atoms with Gasteiger partial charge >= 0.3 is 5.97 Å². The van der Waals surface area contributed by atoms with E-state index in [-0.39, 0.29) is 24.8 Å². The van der Waals surface area contributed by atoms with Crippen molar-refractivity contribution in [3.63, 3.8) is 0 Å². The molecular formula is C18H15ClN4O4S. The average molecular weight is 419 g/mol. The first kappa shape index (κ1) is 18.6. The first-order valence-electron chi connectivity index (χ1n) is 8.57. The van der Waals surface area contributed by atoms with Crippen molar-refractivity contribution >= 4 is 39.9 Å². The predicted molar refractivity (Wildman–Crippen MR) is 102 cm³/mol. The number of nitrogens with zero attached hydrogens (tertiary/aromatic N) is 4. The smallest absolute Gasteiger partial charge is 0.312 e. The first-order valence-corrected chi connectivity index (χ1v) is 9.83. The number of ether oxygens (including phenoxy) is 1. The van der Waals surface area contributed by atoms with E-state index in [1.165, 1.54) is 11.3 Å². The van der Waals surface area contributed by atoms with Gasteiger partial charge in [0.15, 0.2) is 11.7 Å². The van der Waals surface area contributed by atoms with Crippen molar-refractivity contribution in [2.45, 2.75) is 25.9 Å². The van der Waals surface area contributed by atoms with E-state index in [9.17, 15) is 9.59 Å². The van der Waals surface area contributed by atoms with Crippen LogP contribution in [0.5, 0.6) is 0 Å². The molecule has 1 fully saturated rings. The Morgan fingerprint density at radius 1 is 1.29 bits per heavy atom. The molecule has 0 aliphatic carbocycles. The van der Waals surface area contributed by atoms with E-state index in [2.05, 4.69) is 15.1 Å². The number of halogens is 1. The van der Waals surface area contributed by atoms with Crippen LogP contribution in [0, 0.1) is 0 Å². The summed E-state index contributed by atoms with van der Waals surface area (Å²) in [5.74, 6) is 0.189. The van der Waals surface area contributed by atoms with Crippen molar-refractivity contribution in [3.8, 4) is 11.4 Å². The third kappa shape index (κ3) is 4.20. The molecule has 0 radical (unpaired) electrons. The highest BCUT2D eigenvalue weighted by atomic mass is 35.5. The molecule has 1 aromatic carbocycles. The third-order valence-corrected chi connectivity index (χ3v) is 5.26. The van der Waals surface area contributed by atoms with E-state index < -0.39 is 5.97 Å². The quantitative estimate of drug-likeness (QED) is 0.566. The van der Waals surface area contributed by atoms with Crippen LogP contribution in [0.1, 0.15) is 24.4 Å². The van der Waals surface area contributed by atoms with Crippen molar-refractivity contribution in [3.05, 3.63) is 46.3 Å². The van der Waals surface area contributed by atoms with Gasteiger partial charge < -0.3 is 9.26 Å². The minimum absolute atomic E-state index is 0.0106. The SMILES string of the molecule is O=C(Cc1csc(N2CCCC2=O)n1)OCc1nc(-c2ccc(Cl)cc2)no1. The molecule has 3 aromatic rings. The fourth-order valence-electron chi connectivity index (χ4n) is 2.72. The van der Waals surface area contributed by atoms with E-state index in [0.29, 0.717) is 34.6 Å². The third-order valence-electron chi connectivity index (χ3n) is 4.10. The van der Waals surface area contributed by atoms with E-state index in [0.717, 1.165) is 12.0 Å². The van der Waals surface area contributed by atoms with E-state index >= 15 is 0 Å². The van der Waals surface area contributed by atoms with Gasteiger partial charge in [-0.2, -0.15) is 4.98 Å². The zero-order valence-corrected chi connectivity index (χ0v) is 16.2. The molecular weight excluding hydrogens is 404 g/mol. The zero-order valence-electron chi connectivity index (χ0n) is 14.6. The van der Waals surface area contributed by atoms with Gasteiger partial charge in [-0.05, 0) is 30.7 Å². The Balaban J connectivity index is 1.31. The van der Waals surface area contributed by atoms with Crippen LogP contribution in [-0.4, -0.2) is 33.5 Å². The first-order chi connectivity index (χ1) is 13.6. The number of hydrogen-bond acceptors (Lipinski definition) is 8. The molecule has 1 aliphatic heterocycles. The fraction of sp³-hybridized carbons (Fsp3) is 0.278. The standard InChI is InChI=1S/C18H15ClN4O4S/c19-12-5-3-11(4-6-12)17-21-14(27-22-17)9-26-16(25)8-13-10-28-18(20-13)23-7-1-2-15(23)24/h3-6,10H,1-2,7-9H2. The van der Waals surface area contributed by atoms with Gasteiger partial charge in [0.05, 0.1) is 12.1 Å². The summed E-state index contributed by atoms with van der Waals surface area (Å²) in [7, 11) is 0. The van der Waals surface area contributed by atoms with Crippen LogP contribution in [-0.2, 0) is 27.4 Å². The van der Waals surface area contributed by atoms with Gasteiger partial charge in [-0.3, -0.25) is 14.5 Å². The molecule has 28 heavy (non-hydrogen) atoms. The second-order valence-corrected chi connectivity index (χ2v) is 7.40. The van der Waals surface area contributed by atoms with E-state index in [1.807, 2.05) is 0 Å². The second-order valence-electron chi connectivity index (χ2n) is 6.13. The van der Waals surface area contributed by atoms with Crippen molar-refractivity contribution < 1.29 is 18.8 Å². The Morgan fingerprint density at radius 3 is 2.86 bits per heavy atom. The van der Waals surface area contributed by atoms with Crippen LogP contribution in [0.3, 0.4) is 0 Å². The van der Waals surface area contributed by atoms with Crippen molar-refractivity contribution in [1.82, 2.24) is 15.1 Å². The summed E-state index contributed by atoms with van der Waals surface area (Å²) in [6.45, 7) is 0.546. The number of esters is 1. The Morgan fingerprint density at radius 2 is 2.11 bits per heavy atom. The van der Waals surface area contributed by atoms with Crippen LogP contribution in [0.4, 0.5) is 5.13 Å². The molecule has 0 bridgehead atoms. The highest BCUT2D eigenvalue weighted by Gasteiger charge is 2.24. The molecule has 144 valence electrons. The zero-order chi connectivity index (χ0) is 19.5. The van der Waals surface area contributed by atoms with E-state index in [1.54, 1.807) is 34.5 Å². The maximum Gasteiger partial charge on any atom is 0.312 e. The van der Waals surface area contributed by atoms with Crippen LogP contribution < -0.4 is 4.90 Å². The Bertz CT molecular complexity index is 1000. The largest absolute Gasteiger partial charge is 0.455 e. The molecule has 0 unspecified atom stereocenters. The number of anilines is 1. The molecule has 0 N–H and O–H groups in total. The van der Waals surface area contributed by atoms with Crippen molar-refractivity contribution in [1.29, 1.82) is 0 Å². The monoisotopic (exact) mass is 418 g/mol. The van der Waals surface area contributed by atoms with Gasteiger partial charge in [-0.1, -0.05) is 16.8 Å².